The van der Waals surface area contributed by atoms with Gasteiger partial charge in [0.05, 0.1) is 8.22 Å². The van der Waals surface area contributed by atoms with Crippen LogP contribution >= 0.6 is 8.22 Å². The molecule has 0 aliphatic carbocycles. The summed E-state index contributed by atoms with van der Waals surface area (Å²) in [6.07, 6.45) is 2.82. The van der Waals surface area contributed by atoms with E-state index < -0.39 is 0 Å². The quantitative estimate of drug-likeness (QED) is 0.688. The van der Waals surface area contributed by atoms with Crippen molar-refractivity contribution >= 4 is 13.5 Å². The number of piperidine rings is 1. The summed E-state index contributed by atoms with van der Waals surface area (Å²) in [6.45, 7) is 3.91. The van der Waals surface area contributed by atoms with Crippen LogP contribution in [0.4, 0.5) is 0 Å². The van der Waals surface area contributed by atoms with Gasteiger partial charge in [-0.2, -0.15) is 0 Å². The first-order chi connectivity index (χ1) is 7.84. The molecule has 3 heteroatoms. The maximum absolute atomic E-state index is 2.71. The molecule has 0 aromatic heterocycles. The van der Waals surface area contributed by atoms with Crippen molar-refractivity contribution in [1.29, 1.82) is 0 Å². The van der Waals surface area contributed by atoms with Crippen LogP contribution in [-0.4, -0.2) is 36.0 Å². The molecular weight excluding hydrogens is 215 g/mol. The lowest BCUT2D eigenvalue weighted by Crippen LogP contribution is -2.47. The van der Waals surface area contributed by atoms with Crippen molar-refractivity contribution in [2.24, 2.45) is 5.92 Å². The van der Waals surface area contributed by atoms with Crippen molar-refractivity contribution in [2.45, 2.75) is 12.8 Å². The van der Waals surface area contributed by atoms with Gasteiger partial charge in [-0.3, -0.25) is 9.34 Å². The summed E-state index contributed by atoms with van der Waals surface area (Å²) in [5, 5.41) is 1.51. The molecule has 3 rings (SSSR count). The Kier molecular flexibility index (Phi) is 2.97. The van der Waals surface area contributed by atoms with Crippen molar-refractivity contribution in [2.75, 3.05) is 26.7 Å². The van der Waals surface area contributed by atoms with Crippen LogP contribution in [-0.2, 0) is 0 Å². The molecule has 16 heavy (non-hydrogen) atoms. The number of fused-ring (bicyclic) bond motifs is 2. The summed E-state index contributed by atoms with van der Waals surface area (Å²) in [5.41, 5.74) is 0. The van der Waals surface area contributed by atoms with Gasteiger partial charge in [-0.1, -0.05) is 30.3 Å². The summed E-state index contributed by atoms with van der Waals surface area (Å²) < 4.78 is 5.29. The van der Waals surface area contributed by atoms with Crippen LogP contribution in [0.1, 0.15) is 12.8 Å². The van der Waals surface area contributed by atoms with E-state index in [1.165, 1.54) is 37.8 Å². The molecule has 2 saturated heterocycles. The fourth-order valence-electron chi connectivity index (χ4n) is 2.95. The maximum Gasteiger partial charge on any atom is 0.0722 e. The summed E-state index contributed by atoms with van der Waals surface area (Å²) in [5.74, 6) is 0.918. The highest BCUT2D eigenvalue weighted by Crippen LogP contribution is 2.48. The Morgan fingerprint density at radius 3 is 2.81 bits per heavy atom. The minimum atomic E-state index is -0.200. The summed E-state index contributed by atoms with van der Waals surface area (Å²) in [4.78, 5) is 0. The molecule has 0 saturated carbocycles. The molecule has 0 radical (unpaired) electrons. The van der Waals surface area contributed by atoms with E-state index in [0.29, 0.717) is 0 Å². The van der Waals surface area contributed by atoms with Crippen LogP contribution in [0, 0.1) is 5.92 Å². The Morgan fingerprint density at radius 1 is 1.19 bits per heavy atom. The highest BCUT2D eigenvalue weighted by molar-refractivity contribution is 7.61. The van der Waals surface area contributed by atoms with E-state index in [1.54, 1.807) is 0 Å². The highest BCUT2D eigenvalue weighted by Gasteiger charge is 2.35. The molecule has 2 bridgehead atoms. The van der Waals surface area contributed by atoms with E-state index in [9.17, 15) is 0 Å². The Labute approximate surface area is 99.1 Å². The van der Waals surface area contributed by atoms with Crippen molar-refractivity contribution in [3.05, 3.63) is 30.3 Å². The molecule has 2 nitrogen and oxygen atoms in total. The normalized spacial score (nSPS) is 34.9. The van der Waals surface area contributed by atoms with Crippen LogP contribution in [0.5, 0.6) is 0 Å². The van der Waals surface area contributed by atoms with E-state index in [-0.39, 0.29) is 8.22 Å². The van der Waals surface area contributed by atoms with Crippen molar-refractivity contribution in [3.8, 4) is 0 Å². The number of nitrogens with zero attached hydrogens (tertiary/aromatic N) is 2. The second-order valence-corrected chi connectivity index (χ2v) is 7.23. The number of hydrogen-bond donors (Lipinski definition) is 0. The second kappa shape index (κ2) is 4.44. The molecule has 2 aliphatic rings. The van der Waals surface area contributed by atoms with Gasteiger partial charge in [0, 0.05) is 24.9 Å². The Morgan fingerprint density at radius 2 is 2.00 bits per heavy atom. The van der Waals surface area contributed by atoms with Crippen molar-refractivity contribution in [1.82, 2.24) is 9.34 Å². The Bertz CT molecular complexity index is 352. The van der Waals surface area contributed by atoms with Crippen LogP contribution in [0.15, 0.2) is 30.3 Å². The molecule has 2 fully saturated rings. The Hall–Kier alpha value is -0.430. The van der Waals surface area contributed by atoms with Crippen LogP contribution in [0.3, 0.4) is 0 Å². The van der Waals surface area contributed by atoms with Crippen LogP contribution in [0.25, 0.3) is 0 Å². The van der Waals surface area contributed by atoms with Crippen LogP contribution < -0.4 is 5.30 Å². The summed E-state index contributed by atoms with van der Waals surface area (Å²) in [6, 6.07) is 11.0. The smallest absolute Gasteiger partial charge is 0.0722 e. The fourth-order valence-corrected chi connectivity index (χ4v) is 5.65. The van der Waals surface area contributed by atoms with Gasteiger partial charge >= 0.3 is 0 Å². The van der Waals surface area contributed by atoms with Gasteiger partial charge in [0.25, 0.3) is 0 Å². The van der Waals surface area contributed by atoms with E-state index in [2.05, 4.69) is 46.7 Å². The van der Waals surface area contributed by atoms with Crippen LogP contribution in [0.2, 0.25) is 0 Å². The molecule has 2 heterocycles. The molecular formula is C13H19N2P. The zero-order valence-corrected chi connectivity index (χ0v) is 10.7. The molecule has 86 valence electrons. The zero-order chi connectivity index (χ0) is 11.0. The third-order valence-corrected chi connectivity index (χ3v) is 6.07. The monoisotopic (exact) mass is 234 g/mol. The van der Waals surface area contributed by atoms with E-state index in [4.69, 9.17) is 0 Å². The van der Waals surface area contributed by atoms with Gasteiger partial charge in [-0.15, -0.1) is 0 Å². The lowest BCUT2D eigenvalue weighted by molar-refractivity contribution is 0.209. The van der Waals surface area contributed by atoms with Gasteiger partial charge in [0.2, 0.25) is 0 Å². The summed E-state index contributed by atoms with van der Waals surface area (Å²) >= 11 is 0. The molecule has 0 N–H and O–H groups in total. The maximum atomic E-state index is 2.71. The molecule has 1 unspecified atom stereocenters. The molecule has 2 aliphatic heterocycles. The molecule has 3 atom stereocenters. The van der Waals surface area contributed by atoms with Crippen molar-refractivity contribution < 1.29 is 0 Å². The first kappa shape index (κ1) is 10.7. The molecule has 0 amide bonds. The second-order valence-electron chi connectivity index (χ2n) is 4.89. The number of rotatable bonds is 1. The first-order valence-electron chi connectivity index (χ1n) is 6.15. The number of benzene rings is 1. The average molecular weight is 234 g/mol. The average Bonchev–Trinajstić information content (AvgIpc) is 2.30. The topological polar surface area (TPSA) is 6.48 Å². The molecule has 1 aromatic carbocycles. The SMILES string of the molecule is CN1C[C@H]2CCCN(C2)[P@@]1c1ccccc1. The lowest BCUT2D eigenvalue weighted by atomic mass is 10.00. The zero-order valence-electron chi connectivity index (χ0n) is 9.84. The standard InChI is InChI=1S/C13H19N2P/c1-14-10-12-6-5-9-15(11-12)16(14)13-7-3-2-4-8-13/h2-4,7-8,12H,5-6,9-11H2,1H3/t12-,16+/m1/s1. The fraction of sp³-hybridized carbons (Fsp3) is 0.538. The third kappa shape index (κ3) is 1.90. The van der Waals surface area contributed by atoms with Gasteiger partial charge in [-0.25, -0.2) is 0 Å². The number of hydrogen-bond acceptors (Lipinski definition) is 2. The predicted octanol–water partition coefficient (Wildman–Crippen LogP) is 2.28. The van der Waals surface area contributed by atoms with E-state index in [1.807, 2.05) is 0 Å². The predicted molar refractivity (Wildman–Crippen MR) is 69.9 cm³/mol. The summed E-state index contributed by atoms with van der Waals surface area (Å²) in [7, 11) is 2.09. The van der Waals surface area contributed by atoms with E-state index in [0.717, 1.165) is 5.92 Å². The Balaban J connectivity index is 1.88. The third-order valence-electron chi connectivity index (χ3n) is 3.60. The van der Waals surface area contributed by atoms with Gasteiger partial charge in [0.15, 0.2) is 0 Å². The minimum absolute atomic E-state index is 0.200. The largest absolute Gasteiger partial charge is 0.269 e. The highest BCUT2D eigenvalue weighted by atomic mass is 31.1. The minimum Gasteiger partial charge on any atom is -0.269 e. The van der Waals surface area contributed by atoms with Gasteiger partial charge in [-0.05, 0) is 25.8 Å². The molecule has 0 spiro atoms. The van der Waals surface area contributed by atoms with Gasteiger partial charge in [0.1, 0.15) is 0 Å². The van der Waals surface area contributed by atoms with Gasteiger partial charge < -0.3 is 0 Å². The van der Waals surface area contributed by atoms with Crippen molar-refractivity contribution in [3.63, 3.8) is 0 Å². The molecule has 1 aromatic rings. The lowest BCUT2D eigenvalue weighted by Gasteiger charge is -2.48. The van der Waals surface area contributed by atoms with E-state index >= 15 is 0 Å². The first-order valence-corrected chi connectivity index (χ1v) is 7.40.